The highest BCUT2D eigenvalue weighted by molar-refractivity contribution is 14.0. The largest absolute Gasteiger partial charge is 0.376 e. The van der Waals surface area contributed by atoms with Crippen LogP contribution in [0, 0.1) is 0 Å². The number of amides is 1. The number of hydrogen-bond acceptors (Lipinski definition) is 4. The van der Waals surface area contributed by atoms with Crippen molar-refractivity contribution in [2.24, 2.45) is 4.99 Å². The topological polar surface area (TPSA) is 75.2 Å². The third-order valence-electron chi connectivity index (χ3n) is 5.73. The van der Waals surface area contributed by atoms with Gasteiger partial charge in [0.1, 0.15) is 0 Å². The highest BCUT2D eigenvalue weighted by Gasteiger charge is 2.24. The second kappa shape index (κ2) is 14.6. The number of ether oxygens (including phenoxy) is 2. The molecule has 2 aliphatic heterocycles. The first-order valence-corrected chi connectivity index (χ1v) is 11.2. The van der Waals surface area contributed by atoms with Gasteiger partial charge in [0.15, 0.2) is 5.96 Å². The first-order chi connectivity index (χ1) is 14.7. The zero-order valence-corrected chi connectivity index (χ0v) is 20.9. The molecule has 0 aromatic heterocycles. The SMILES string of the molecule is CN=C(NCC(=O)NCCc1ccccc1)N1CCC(OCC2CCCCO2)CC1.I. The van der Waals surface area contributed by atoms with E-state index in [0.29, 0.717) is 13.2 Å². The van der Waals surface area contributed by atoms with Crippen LogP contribution in [0.3, 0.4) is 0 Å². The number of halogens is 1. The zero-order chi connectivity index (χ0) is 21.0. The van der Waals surface area contributed by atoms with Gasteiger partial charge in [-0.05, 0) is 44.1 Å². The minimum absolute atomic E-state index is 0. The molecule has 2 fully saturated rings. The molecule has 1 aromatic rings. The van der Waals surface area contributed by atoms with Crippen molar-refractivity contribution in [3.8, 4) is 0 Å². The van der Waals surface area contributed by atoms with Crippen LogP contribution in [0.5, 0.6) is 0 Å². The molecular formula is C23H37IN4O3. The Morgan fingerprint density at radius 2 is 1.94 bits per heavy atom. The molecule has 7 nitrogen and oxygen atoms in total. The maximum atomic E-state index is 12.1. The summed E-state index contributed by atoms with van der Waals surface area (Å²) in [5.41, 5.74) is 1.22. The highest BCUT2D eigenvalue weighted by Crippen LogP contribution is 2.17. The lowest BCUT2D eigenvalue weighted by atomic mass is 10.1. The maximum absolute atomic E-state index is 12.1. The predicted octanol–water partition coefficient (Wildman–Crippen LogP) is 2.59. The van der Waals surface area contributed by atoms with Crippen LogP contribution in [0.15, 0.2) is 35.3 Å². The van der Waals surface area contributed by atoms with Gasteiger partial charge in [-0.2, -0.15) is 0 Å². The third-order valence-corrected chi connectivity index (χ3v) is 5.73. The molecule has 2 aliphatic rings. The van der Waals surface area contributed by atoms with Crippen molar-refractivity contribution in [1.82, 2.24) is 15.5 Å². The lowest BCUT2D eigenvalue weighted by Gasteiger charge is -2.35. The van der Waals surface area contributed by atoms with Crippen LogP contribution in [-0.2, 0) is 20.7 Å². The Morgan fingerprint density at radius 3 is 2.61 bits per heavy atom. The van der Waals surface area contributed by atoms with Crippen molar-refractivity contribution < 1.29 is 14.3 Å². The molecule has 1 amide bonds. The number of carbonyl (C=O) groups excluding carboxylic acids is 1. The lowest BCUT2D eigenvalue weighted by molar-refractivity contribution is -0.120. The van der Waals surface area contributed by atoms with E-state index in [2.05, 4.69) is 32.7 Å². The van der Waals surface area contributed by atoms with Gasteiger partial charge in [0.05, 0.1) is 25.4 Å². The standard InChI is InChI=1S/C23H36N4O3.HI/c1-24-23(26-17-22(28)25-13-10-19-7-3-2-4-8-19)27-14-11-20(12-15-27)30-18-21-9-5-6-16-29-21;/h2-4,7-8,20-21H,5-6,9-18H2,1H3,(H,24,26)(H,25,28);1H. The van der Waals surface area contributed by atoms with E-state index < -0.39 is 0 Å². The van der Waals surface area contributed by atoms with Crippen molar-refractivity contribution in [2.75, 3.05) is 46.4 Å². The van der Waals surface area contributed by atoms with Gasteiger partial charge in [0, 0.05) is 33.3 Å². The van der Waals surface area contributed by atoms with Crippen LogP contribution in [0.1, 0.15) is 37.7 Å². The summed E-state index contributed by atoms with van der Waals surface area (Å²) >= 11 is 0. The van der Waals surface area contributed by atoms with Gasteiger partial charge in [0.2, 0.25) is 5.91 Å². The van der Waals surface area contributed by atoms with E-state index in [-0.39, 0.29) is 48.6 Å². The Kier molecular flexibility index (Phi) is 12.2. The molecule has 2 heterocycles. The molecule has 0 spiro atoms. The number of carbonyl (C=O) groups is 1. The number of nitrogens with zero attached hydrogens (tertiary/aromatic N) is 2. The maximum Gasteiger partial charge on any atom is 0.239 e. The summed E-state index contributed by atoms with van der Waals surface area (Å²) in [6.45, 7) is 4.21. The number of guanidine groups is 1. The fourth-order valence-electron chi connectivity index (χ4n) is 3.96. The molecule has 3 rings (SSSR count). The molecule has 1 aromatic carbocycles. The van der Waals surface area contributed by atoms with E-state index in [1.807, 2.05) is 18.2 Å². The van der Waals surface area contributed by atoms with Crippen molar-refractivity contribution in [2.45, 2.75) is 50.7 Å². The van der Waals surface area contributed by atoms with Crippen molar-refractivity contribution in [3.05, 3.63) is 35.9 Å². The number of aliphatic imine (C=N–C) groups is 1. The quantitative estimate of drug-likeness (QED) is 0.299. The van der Waals surface area contributed by atoms with Gasteiger partial charge in [-0.1, -0.05) is 30.3 Å². The number of rotatable bonds is 8. The molecule has 0 radical (unpaired) electrons. The number of piperidine rings is 1. The van der Waals surface area contributed by atoms with Crippen LogP contribution in [0.4, 0.5) is 0 Å². The Labute approximate surface area is 203 Å². The van der Waals surface area contributed by atoms with Gasteiger partial charge in [-0.25, -0.2) is 0 Å². The molecule has 1 unspecified atom stereocenters. The van der Waals surface area contributed by atoms with Crippen molar-refractivity contribution >= 4 is 35.8 Å². The molecule has 0 aliphatic carbocycles. The average molecular weight is 544 g/mol. The minimum atomic E-state index is -0.0159. The summed E-state index contributed by atoms with van der Waals surface area (Å²) in [5.74, 6) is 0.764. The summed E-state index contributed by atoms with van der Waals surface area (Å²) in [4.78, 5) is 18.7. The van der Waals surface area contributed by atoms with Crippen LogP contribution in [-0.4, -0.2) is 75.4 Å². The third kappa shape index (κ3) is 9.33. The first kappa shape index (κ1) is 25.9. The summed E-state index contributed by atoms with van der Waals surface area (Å²) in [5, 5.41) is 6.15. The van der Waals surface area contributed by atoms with E-state index in [1.54, 1.807) is 7.05 Å². The Bertz CT molecular complexity index is 660. The van der Waals surface area contributed by atoms with Crippen molar-refractivity contribution in [1.29, 1.82) is 0 Å². The molecule has 31 heavy (non-hydrogen) atoms. The molecule has 2 N–H and O–H groups in total. The van der Waals surface area contributed by atoms with Crippen LogP contribution in [0.25, 0.3) is 0 Å². The van der Waals surface area contributed by atoms with Crippen LogP contribution in [0.2, 0.25) is 0 Å². The van der Waals surface area contributed by atoms with Gasteiger partial charge in [0.25, 0.3) is 0 Å². The van der Waals surface area contributed by atoms with E-state index >= 15 is 0 Å². The normalized spacial score (nSPS) is 20.1. The van der Waals surface area contributed by atoms with E-state index in [1.165, 1.54) is 18.4 Å². The second-order valence-corrected chi connectivity index (χ2v) is 7.99. The smallest absolute Gasteiger partial charge is 0.239 e. The molecule has 174 valence electrons. The Balaban J connectivity index is 0.00000341. The number of hydrogen-bond donors (Lipinski definition) is 2. The van der Waals surface area contributed by atoms with Crippen LogP contribution < -0.4 is 10.6 Å². The van der Waals surface area contributed by atoms with Gasteiger partial charge in [-0.15, -0.1) is 24.0 Å². The first-order valence-electron chi connectivity index (χ1n) is 11.2. The summed E-state index contributed by atoms with van der Waals surface area (Å²) in [6.07, 6.45) is 6.86. The molecule has 8 heteroatoms. The lowest BCUT2D eigenvalue weighted by Crippen LogP contribution is -2.49. The molecule has 0 bridgehead atoms. The monoisotopic (exact) mass is 544 g/mol. The minimum Gasteiger partial charge on any atom is -0.376 e. The number of benzene rings is 1. The average Bonchev–Trinajstić information content (AvgIpc) is 2.80. The summed E-state index contributed by atoms with van der Waals surface area (Å²) < 4.78 is 11.8. The fourth-order valence-corrected chi connectivity index (χ4v) is 3.96. The molecule has 1 atom stereocenters. The summed E-state index contributed by atoms with van der Waals surface area (Å²) in [6, 6.07) is 10.2. The number of nitrogens with one attached hydrogen (secondary N) is 2. The molecular weight excluding hydrogens is 507 g/mol. The second-order valence-electron chi connectivity index (χ2n) is 7.99. The Hall–Kier alpha value is -1.39. The van der Waals surface area contributed by atoms with Gasteiger partial charge in [-0.3, -0.25) is 9.79 Å². The Morgan fingerprint density at radius 1 is 1.16 bits per heavy atom. The summed E-state index contributed by atoms with van der Waals surface area (Å²) in [7, 11) is 1.76. The van der Waals surface area contributed by atoms with Gasteiger partial charge >= 0.3 is 0 Å². The predicted molar refractivity (Wildman–Crippen MR) is 134 cm³/mol. The van der Waals surface area contributed by atoms with E-state index in [0.717, 1.165) is 51.3 Å². The molecule has 0 saturated carbocycles. The van der Waals surface area contributed by atoms with Crippen LogP contribution >= 0.6 is 24.0 Å². The van der Waals surface area contributed by atoms with Gasteiger partial charge < -0.3 is 25.0 Å². The molecule has 2 saturated heterocycles. The number of likely N-dealkylation sites (tertiary alicyclic amines) is 1. The fraction of sp³-hybridized carbons (Fsp3) is 0.652. The highest BCUT2D eigenvalue weighted by atomic mass is 127. The zero-order valence-electron chi connectivity index (χ0n) is 18.6. The van der Waals surface area contributed by atoms with E-state index in [9.17, 15) is 4.79 Å². The van der Waals surface area contributed by atoms with E-state index in [4.69, 9.17) is 9.47 Å². The van der Waals surface area contributed by atoms with Crippen molar-refractivity contribution in [3.63, 3.8) is 0 Å².